The van der Waals surface area contributed by atoms with Gasteiger partial charge in [0.25, 0.3) is 10.0 Å². The molecule has 2 aromatic carbocycles. The van der Waals surface area contributed by atoms with E-state index in [1.165, 1.54) is 31.2 Å². The molecule has 0 spiro atoms. The van der Waals surface area contributed by atoms with Crippen molar-refractivity contribution in [3.63, 3.8) is 0 Å². The van der Waals surface area contributed by atoms with Crippen LogP contribution >= 0.6 is 0 Å². The van der Waals surface area contributed by atoms with E-state index in [1.807, 2.05) is 0 Å². The Morgan fingerprint density at radius 1 is 1.03 bits per heavy atom. The van der Waals surface area contributed by atoms with Crippen molar-refractivity contribution in [1.82, 2.24) is 5.32 Å². The van der Waals surface area contributed by atoms with E-state index in [4.69, 9.17) is 4.74 Å². The predicted molar refractivity (Wildman–Crippen MR) is 121 cm³/mol. The molecule has 3 N–H and O–H groups in total. The number of hydrogen-bond acceptors (Lipinski definition) is 5. The van der Waals surface area contributed by atoms with Gasteiger partial charge in [-0.05, 0) is 67.6 Å². The molecule has 9 heteroatoms. The van der Waals surface area contributed by atoms with Gasteiger partial charge in [-0.2, -0.15) is 0 Å². The number of carbonyl (C=O) groups is 2. The van der Waals surface area contributed by atoms with Crippen molar-refractivity contribution in [1.29, 1.82) is 0 Å². The van der Waals surface area contributed by atoms with Gasteiger partial charge >= 0.3 is 0 Å². The number of rotatable bonds is 8. The van der Waals surface area contributed by atoms with Gasteiger partial charge in [-0.25, -0.2) is 8.42 Å². The van der Waals surface area contributed by atoms with Crippen molar-refractivity contribution in [2.24, 2.45) is 0 Å². The Balaban J connectivity index is 1.39. The van der Waals surface area contributed by atoms with Crippen molar-refractivity contribution < 1.29 is 22.7 Å². The van der Waals surface area contributed by atoms with Crippen LogP contribution in [0.1, 0.15) is 38.2 Å². The standard InChI is InChI=1S/C23H27N3O5S/c1-16(27)25-18-8-10-21(11-9-18)32(29,30)26-19-6-4-17(5-7-19)23(12-13-23)22(28)24-15-20-3-2-14-31-20/h4-11,20,26H,2-3,12-15H2,1H3,(H,24,28)(H,25,27)/t20-/m1/s1. The van der Waals surface area contributed by atoms with Crippen molar-refractivity contribution in [3.05, 3.63) is 54.1 Å². The summed E-state index contributed by atoms with van der Waals surface area (Å²) >= 11 is 0. The van der Waals surface area contributed by atoms with Crippen LogP contribution in [-0.4, -0.2) is 39.5 Å². The van der Waals surface area contributed by atoms with Crippen molar-refractivity contribution in [2.45, 2.75) is 49.0 Å². The maximum Gasteiger partial charge on any atom is 0.261 e. The Kier molecular flexibility index (Phi) is 6.21. The fourth-order valence-electron chi connectivity index (χ4n) is 3.94. The van der Waals surface area contributed by atoms with Crippen LogP contribution in [0.4, 0.5) is 11.4 Å². The maximum absolute atomic E-state index is 12.8. The smallest absolute Gasteiger partial charge is 0.261 e. The quantitative estimate of drug-likeness (QED) is 0.564. The lowest BCUT2D eigenvalue weighted by Gasteiger charge is -2.18. The second-order valence-electron chi connectivity index (χ2n) is 8.32. The molecule has 2 amide bonds. The molecule has 0 unspecified atom stereocenters. The molecule has 0 radical (unpaired) electrons. The third-order valence-corrected chi connectivity index (χ3v) is 7.27. The second-order valence-corrected chi connectivity index (χ2v) is 10.00. The normalized spacial score (nSPS) is 19.2. The molecule has 0 bridgehead atoms. The minimum atomic E-state index is -3.78. The predicted octanol–water partition coefficient (Wildman–Crippen LogP) is 2.77. The van der Waals surface area contributed by atoms with Crippen LogP contribution in [0.3, 0.4) is 0 Å². The van der Waals surface area contributed by atoms with Crippen LogP contribution in [0.5, 0.6) is 0 Å². The number of anilines is 2. The van der Waals surface area contributed by atoms with Gasteiger partial charge < -0.3 is 15.4 Å². The Labute approximate surface area is 187 Å². The molecule has 1 aliphatic heterocycles. The molecule has 1 heterocycles. The summed E-state index contributed by atoms with van der Waals surface area (Å²) in [4.78, 5) is 24.0. The first-order valence-corrected chi connectivity index (χ1v) is 12.2. The molecule has 1 saturated carbocycles. The zero-order valence-electron chi connectivity index (χ0n) is 17.9. The number of sulfonamides is 1. The highest BCUT2D eigenvalue weighted by Gasteiger charge is 2.51. The maximum atomic E-state index is 12.8. The molecular weight excluding hydrogens is 430 g/mol. The van der Waals surface area contributed by atoms with E-state index in [1.54, 1.807) is 24.3 Å². The number of hydrogen-bond donors (Lipinski definition) is 3. The summed E-state index contributed by atoms with van der Waals surface area (Å²) in [6.45, 7) is 2.66. The van der Waals surface area contributed by atoms with E-state index in [9.17, 15) is 18.0 Å². The molecule has 8 nitrogen and oxygen atoms in total. The fourth-order valence-corrected chi connectivity index (χ4v) is 5.00. The summed E-state index contributed by atoms with van der Waals surface area (Å²) in [6.07, 6.45) is 3.64. The first-order chi connectivity index (χ1) is 15.3. The summed E-state index contributed by atoms with van der Waals surface area (Å²) in [5.41, 5.74) is 1.28. The van der Waals surface area contributed by atoms with Crippen LogP contribution in [0.15, 0.2) is 53.4 Å². The lowest BCUT2D eigenvalue weighted by Crippen LogP contribution is -2.39. The Morgan fingerprint density at radius 3 is 2.25 bits per heavy atom. The molecule has 1 aliphatic carbocycles. The lowest BCUT2D eigenvalue weighted by atomic mass is 9.94. The Hall–Kier alpha value is -2.91. The molecule has 0 aromatic heterocycles. The SMILES string of the molecule is CC(=O)Nc1ccc(S(=O)(=O)Nc2ccc(C3(C(=O)NC[C@H]4CCCO4)CC3)cc2)cc1. The van der Waals surface area contributed by atoms with Gasteiger partial charge in [-0.15, -0.1) is 0 Å². The van der Waals surface area contributed by atoms with E-state index in [2.05, 4.69) is 15.4 Å². The first-order valence-electron chi connectivity index (χ1n) is 10.7. The molecule has 2 aliphatic rings. The highest BCUT2D eigenvalue weighted by molar-refractivity contribution is 7.92. The highest BCUT2D eigenvalue weighted by atomic mass is 32.2. The average molecular weight is 458 g/mol. The van der Waals surface area contributed by atoms with E-state index >= 15 is 0 Å². The minimum Gasteiger partial charge on any atom is -0.376 e. The van der Waals surface area contributed by atoms with E-state index in [-0.39, 0.29) is 22.8 Å². The summed E-state index contributed by atoms with van der Waals surface area (Å²) < 4.78 is 33.5. The van der Waals surface area contributed by atoms with Crippen LogP contribution < -0.4 is 15.4 Å². The third kappa shape index (κ3) is 4.94. The van der Waals surface area contributed by atoms with Gasteiger partial charge in [0, 0.05) is 31.5 Å². The third-order valence-electron chi connectivity index (χ3n) is 5.87. The molecule has 170 valence electrons. The van der Waals surface area contributed by atoms with E-state index < -0.39 is 15.4 Å². The average Bonchev–Trinajstić information content (AvgIpc) is 3.40. The van der Waals surface area contributed by atoms with Crippen LogP contribution in [0.2, 0.25) is 0 Å². The van der Waals surface area contributed by atoms with Gasteiger partial charge in [0.05, 0.1) is 16.4 Å². The molecule has 1 saturated heterocycles. The molecule has 2 fully saturated rings. The van der Waals surface area contributed by atoms with Crippen molar-refractivity contribution in [2.75, 3.05) is 23.2 Å². The largest absolute Gasteiger partial charge is 0.376 e. The van der Waals surface area contributed by atoms with Gasteiger partial charge in [0.2, 0.25) is 11.8 Å². The molecule has 1 atom stereocenters. The molecular formula is C23H27N3O5S. The minimum absolute atomic E-state index is 0.000547. The molecule has 4 rings (SSSR count). The summed E-state index contributed by atoms with van der Waals surface area (Å²) in [5.74, 6) is -0.228. The van der Waals surface area contributed by atoms with Gasteiger partial charge in [-0.1, -0.05) is 12.1 Å². The number of ether oxygens (including phenoxy) is 1. The van der Waals surface area contributed by atoms with Crippen LogP contribution in [0, 0.1) is 0 Å². The number of nitrogens with one attached hydrogen (secondary N) is 3. The summed E-state index contributed by atoms with van der Waals surface area (Å²) in [6, 6.07) is 12.9. The van der Waals surface area contributed by atoms with E-state index in [0.717, 1.165) is 37.9 Å². The monoisotopic (exact) mass is 457 g/mol. The first kappa shape index (κ1) is 22.3. The zero-order valence-corrected chi connectivity index (χ0v) is 18.7. The topological polar surface area (TPSA) is 114 Å². The van der Waals surface area contributed by atoms with Gasteiger partial charge in [-0.3, -0.25) is 14.3 Å². The molecule has 2 aromatic rings. The number of amides is 2. The van der Waals surface area contributed by atoms with Crippen molar-refractivity contribution >= 4 is 33.2 Å². The number of carbonyl (C=O) groups excluding carboxylic acids is 2. The fraction of sp³-hybridized carbons (Fsp3) is 0.391. The van der Waals surface area contributed by atoms with Gasteiger partial charge in [0.15, 0.2) is 0 Å². The van der Waals surface area contributed by atoms with Gasteiger partial charge in [0.1, 0.15) is 0 Å². The molecule has 32 heavy (non-hydrogen) atoms. The highest BCUT2D eigenvalue weighted by Crippen LogP contribution is 2.48. The number of benzene rings is 2. The Bertz CT molecular complexity index is 1090. The summed E-state index contributed by atoms with van der Waals surface area (Å²) in [5, 5.41) is 5.61. The van der Waals surface area contributed by atoms with Crippen molar-refractivity contribution in [3.8, 4) is 0 Å². The Morgan fingerprint density at radius 2 is 1.69 bits per heavy atom. The summed E-state index contributed by atoms with van der Waals surface area (Å²) in [7, 11) is -3.78. The van der Waals surface area contributed by atoms with Crippen LogP contribution in [0.25, 0.3) is 0 Å². The van der Waals surface area contributed by atoms with Crippen LogP contribution in [-0.2, 0) is 29.8 Å². The second kappa shape index (κ2) is 8.91. The lowest BCUT2D eigenvalue weighted by molar-refractivity contribution is -0.124. The zero-order chi connectivity index (χ0) is 22.8. The van der Waals surface area contributed by atoms with E-state index in [0.29, 0.717) is 17.9 Å².